The molecule has 2 fully saturated rings. The van der Waals surface area contributed by atoms with Crippen LogP contribution in [0.25, 0.3) is 6.08 Å². The molecule has 0 unspecified atom stereocenters. The molecule has 3 rings (SSSR count). The van der Waals surface area contributed by atoms with Crippen LogP contribution in [0.4, 0.5) is 4.79 Å². The van der Waals surface area contributed by atoms with Crippen molar-refractivity contribution in [1.29, 1.82) is 0 Å². The minimum Gasteiger partial charge on any atom is -0.465 e. The third kappa shape index (κ3) is 6.35. The van der Waals surface area contributed by atoms with Crippen molar-refractivity contribution in [2.75, 3.05) is 46.4 Å². The largest absolute Gasteiger partial charge is 0.465 e. The number of methoxy groups -OCH3 is 1. The first kappa shape index (κ1) is 25.7. The highest BCUT2D eigenvalue weighted by molar-refractivity contribution is 8.26. The van der Waals surface area contributed by atoms with E-state index >= 15 is 0 Å². The molecule has 0 N–H and O–H groups in total. The van der Waals surface area contributed by atoms with E-state index in [4.69, 9.17) is 17.0 Å². The van der Waals surface area contributed by atoms with Crippen LogP contribution >= 0.6 is 24.0 Å². The number of carbonyl (C=O) groups excluding carboxylic acids is 4. The minimum atomic E-state index is -0.423. The molecule has 0 aliphatic carbocycles. The molecule has 2 saturated heterocycles. The van der Waals surface area contributed by atoms with Crippen molar-refractivity contribution < 1.29 is 28.7 Å². The van der Waals surface area contributed by atoms with Crippen LogP contribution in [0, 0.1) is 0 Å². The third-order valence-electron chi connectivity index (χ3n) is 5.43. The lowest BCUT2D eigenvalue weighted by molar-refractivity contribution is -0.133. The van der Waals surface area contributed by atoms with Crippen molar-refractivity contribution in [2.24, 2.45) is 0 Å². The lowest BCUT2D eigenvalue weighted by Crippen LogP contribution is -2.50. The molecular formula is C23H27N3O6S2. The second-order valence-corrected chi connectivity index (χ2v) is 9.29. The van der Waals surface area contributed by atoms with Gasteiger partial charge in [-0.05, 0) is 37.1 Å². The molecule has 2 heterocycles. The maximum Gasteiger partial charge on any atom is 0.409 e. The fraction of sp³-hybridized carbons (Fsp3) is 0.435. The number of piperazine rings is 1. The standard InChI is InChI=1S/C23H27N3O6S2/c1-3-32-22(30)25-13-11-24(12-14-25)19(27)5-4-10-26-20(28)18(34-23(26)33)15-16-6-8-17(9-7-16)21(29)31-2/h6-9,15H,3-5,10-14H2,1-2H3. The van der Waals surface area contributed by atoms with E-state index in [0.29, 0.717) is 67.0 Å². The summed E-state index contributed by atoms with van der Waals surface area (Å²) in [7, 11) is 1.32. The van der Waals surface area contributed by atoms with E-state index in [2.05, 4.69) is 4.74 Å². The molecule has 11 heteroatoms. The van der Waals surface area contributed by atoms with Gasteiger partial charge in [-0.1, -0.05) is 36.1 Å². The normalized spacial score (nSPS) is 17.4. The number of ether oxygens (including phenoxy) is 2. The number of thioether (sulfide) groups is 1. The van der Waals surface area contributed by atoms with Crippen LogP contribution in [0.1, 0.15) is 35.7 Å². The van der Waals surface area contributed by atoms with Gasteiger partial charge in [-0.15, -0.1) is 0 Å². The molecule has 0 saturated carbocycles. The first-order valence-corrected chi connectivity index (χ1v) is 12.2. The van der Waals surface area contributed by atoms with Gasteiger partial charge in [0.05, 0.1) is 24.2 Å². The Morgan fingerprint density at radius 1 is 1.09 bits per heavy atom. The van der Waals surface area contributed by atoms with Crippen LogP contribution < -0.4 is 0 Å². The fourth-order valence-electron chi connectivity index (χ4n) is 3.58. The van der Waals surface area contributed by atoms with Gasteiger partial charge in [-0.25, -0.2) is 9.59 Å². The molecule has 2 aliphatic heterocycles. The van der Waals surface area contributed by atoms with Crippen LogP contribution in [0.15, 0.2) is 29.2 Å². The zero-order valence-corrected chi connectivity index (χ0v) is 20.8. The lowest BCUT2D eigenvalue weighted by Gasteiger charge is -2.34. The fourth-order valence-corrected chi connectivity index (χ4v) is 4.89. The Hall–Kier alpha value is -2.92. The van der Waals surface area contributed by atoms with Crippen LogP contribution in [0.3, 0.4) is 0 Å². The Kier molecular flexibility index (Phi) is 9.05. The average molecular weight is 506 g/mol. The number of esters is 1. The second-order valence-electron chi connectivity index (χ2n) is 7.62. The maximum absolute atomic E-state index is 12.8. The van der Waals surface area contributed by atoms with Gasteiger partial charge in [0.1, 0.15) is 4.32 Å². The number of benzene rings is 1. The zero-order valence-electron chi connectivity index (χ0n) is 19.2. The predicted octanol–water partition coefficient (Wildman–Crippen LogP) is 2.76. The number of amides is 3. The molecule has 2 aliphatic rings. The van der Waals surface area contributed by atoms with Gasteiger partial charge in [0.2, 0.25) is 5.91 Å². The first-order valence-electron chi connectivity index (χ1n) is 11.0. The first-order chi connectivity index (χ1) is 16.3. The van der Waals surface area contributed by atoms with Gasteiger partial charge in [0.15, 0.2) is 0 Å². The van der Waals surface area contributed by atoms with Gasteiger partial charge < -0.3 is 19.3 Å². The highest BCUT2D eigenvalue weighted by atomic mass is 32.2. The number of hydrogen-bond donors (Lipinski definition) is 0. The Morgan fingerprint density at radius 2 is 1.74 bits per heavy atom. The van der Waals surface area contributed by atoms with E-state index in [1.165, 1.54) is 23.8 Å². The summed E-state index contributed by atoms with van der Waals surface area (Å²) in [5.41, 5.74) is 1.20. The number of hydrogen-bond acceptors (Lipinski definition) is 8. The summed E-state index contributed by atoms with van der Waals surface area (Å²) < 4.78 is 10.1. The van der Waals surface area contributed by atoms with E-state index in [-0.39, 0.29) is 17.9 Å². The summed E-state index contributed by atoms with van der Waals surface area (Å²) in [6.07, 6.45) is 2.17. The van der Waals surface area contributed by atoms with E-state index in [9.17, 15) is 19.2 Å². The highest BCUT2D eigenvalue weighted by Gasteiger charge is 2.32. The Labute approximate surface area is 208 Å². The highest BCUT2D eigenvalue weighted by Crippen LogP contribution is 2.32. The van der Waals surface area contributed by atoms with Crippen molar-refractivity contribution in [1.82, 2.24) is 14.7 Å². The van der Waals surface area contributed by atoms with E-state index in [1.54, 1.807) is 47.1 Å². The monoisotopic (exact) mass is 505 g/mol. The molecule has 0 atom stereocenters. The van der Waals surface area contributed by atoms with Gasteiger partial charge in [-0.3, -0.25) is 14.5 Å². The molecule has 182 valence electrons. The molecule has 1 aromatic carbocycles. The number of thiocarbonyl (C=S) groups is 1. The van der Waals surface area contributed by atoms with Crippen molar-refractivity contribution >= 4 is 58.3 Å². The quantitative estimate of drug-likeness (QED) is 0.317. The van der Waals surface area contributed by atoms with Crippen molar-refractivity contribution in [3.63, 3.8) is 0 Å². The van der Waals surface area contributed by atoms with Gasteiger partial charge in [0, 0.05) is 39.1 Å². The SMILES string of the molecule is CCOC(=O)N1CCN(C(=O)CCCN2C(=O)C(=Cc3ccc(C(=O)OC)cc3)SC2=S)CC1. The molecule has 3 amide bonds. The molecule has 34 heavy (non-hydrogen) atoms. The molecule has 0 bridgehead atoms. The van der Waals surface area contributed by atoms with Crippen LogP contribution in [-0.2, 0) is 19.1 Å². The summed E-state index contributed by atoms with van der Waals surface area (Å²) in [5.74, 6) is -0.619. The number of carbonyl (C=O) groups is 4. The Morgan fingerprint density at radius 3 is 2.35 bits per heavy atom. The molecule has 0 spiro atoms. The topological polar surface area (TPSA) is 96.5 Å². The number of rotatable bonds is 7. The zero-order chi connectivity index (χ0) is 24.7. The predicted molar refractivity (Wildman–Crippen MR) is 132 cm³/mol. The third-order valence-corrected chi connectivity index (χ3v) is 6.81. The maximum atomic E-state index is 12.8. The Bertz CT molecular complexity index is 987. The van der Waals surface area contributed by atoms with Crippen molar-refractivity contribution in [3.8, 4) is 0 Å². The smallest absolute Gasteiger partial charge is 0.409 e. The van der Waals surface area contributed by atoms with Crippen molar-refractivity contribution in [3.05, 3.63) is 40.3 Å². The Balaban J connectivity index is 1.47. The summed E-state index contributed by atoms with van der Waals surface area (Å²) in [6, 6.07) is 6.74. The summed E-state index contributed by atoms with van der Waals surface area (Å²) >= 11 is 6.58. The van der Waals surface area contributed by atoms with Gasteiger partial charge in [0.25, 0.3) is 5.91 Å². The van der Waals surface area contributed by atoms with Crippen LogP contribution in [0.5, 0.6) is 0 Å². The molecule has 0 radical (unpaired) electrons. The van der Waals surface area contributed by atoms with Crippen molar-refractivity contribution in [2.45, 2.75) is 19.8 Å². The van der Waals surface area contributed by atoms with Gasteiger partial charge in [-0.2, -0.15) is 0 Å². The van der Waals surface area contributed by atoms with Gasteiger partial charge >= 0.3 is 12.1 Å². The summed E-state index contributed by atoms with van der Waals surface area (Å²) in [4.78, 5) is 54.0. The molecule has 9 nitrogen and oxygen atoms in total. The van der Waals surface area contributed by atoms with E-state index in [1.807, 2.05) is 0 Å². The average Bonchev–Trinajstić information content (AvgIpc) is 3.11. The molecular weight excluding hydrogens is 478 g/mol. The summed E-state index contributed by atoms with van der Waals surface area (Å²) in [5, 5.41) is 0. The summed E-state index contributed by atoms with van der Waals surface area (Å²) in [6.45, 7) is 4.28. The molecule has 1 aromatic rings. The van der Waals surface area contributed by atoms with E-state index < -0.39 is 5.97 Å². The van der Waals surface area contributed by atoms with E-state index in [0.717, 1.165) is 5.56 Å². The van der Waals surface area contributed by atoms with Crippen LogP contribution in [0.2, 0.25) is 0 Å². The second kappa shape index (κ2) is 12.0. The minimum absolute atomic E-state index is 0.00446. The number of nitrogens with zero attached hydrogens (tertiary/aromatic N) is 3. The van der Waals surface area contributed by atoms with Crippen LogP contribution in [-0.4, -0.2) is 89.3 Å². The molecule has 0 aromatic heterocycles. The lowest BCUT2D eigenvalue weighted by atomic mass is 10.1.